The molecule has 0 N–H and O–H groups in total. The maximum absolute atomic E-state index is 11.7. The SMILES string of the molecule is COC(=O)[C@@H]1C[C@@H](OCc2ccccc2)CN1C(=O)OC. The van der Waals surface area contributed by atoms with Gasteiger partial charge < -0.3 is 14.2 Å². The Balaban J connectivity index is 1.96. The minimum absolute atomic E-state index is 0.214. The zero-order valence-electron chi connectivity index (χ0n) is 12.2. The molecule has 1 saturated heterocycles. The predicted octanol–water partition coefficient (Wildman–Crippen LogP) is 1.59. The topological polar surface area (TPSA) is 65.1 Å². The van der Waals surface area contributed by atoms with E-state index in [1.54, 1.807) is 0 Å². The maximum Gasteiger partial charge on any atom is 0.410 e. The van der Waals surface area contributed by atoms with E-state index in [2.05, 4.69) is 0 Å². The van der Waals surface area contributed by atoms with Crippen LogP contribution in [-0.2, 0) is 25.6 Å². The van der Waals surface area contributed by atoms with Gasteiger partial charge in [0.25, 0.3) is 0 Å². The van der Waals surface area contributed by atoms with Gasteiger partial charge in [-0.25, -0.2) is 9.59 Å². The van der Waals surface area contributed by atoms with Crippen LogP contribution in [0.3, 0.4) is 0 Å². The Hall–Kier alpha value is -2.08. The lowest BCUT2D eigenvalue weighted by Gasteiger charge is -2.20. The van der Waals surface area contributed by atoms with E-state index in [-0.39, 0.29) is 6.10 Å². The number of nitrogens with zero attached hydrogens (tertiary/aromatic N) is 1. The Bertz CT molecular complexity index is 466. The molecule has 0 saturated carbocycles. The van der Waals surface area contributed by atoms with E-state index in [4.69, 9.17) is 14.2 Å². The number of likely N-dealkylation sites (tertiary alicyclic amines) is 1. The molecule has 0 aromatic heterocycles. The second kappa shape index (κ2) is 7.08. The summed E-state index contributed by atoms with van der Waals surface area (Å²) in [4.78, 5) is 24.8. The highest BCUT2D eigenvalue weighted by Gasteiger charge is 2.41. The van der Waals surface area contributed by atoms with Crippen molar-refractivity contribution in [1.82, 2.24) is 4.90 Å². The summed E-state index contributed by atoms with van der Waals surface area (Å²) in [6.07, 6.45) is -0.348. The molecular formula is C15H19NO5. The summed E-state index contributed by atoms with van der Waals surface area (Å²) in [5.41, 5.74) is 1.05. The fourth-order valence-corrected chi connectivity index (χ4v) is 2.39. The number of esters is 1. The van der Waals surface area contributed by atoms with Gasteiger partial charge in [-0.1, -0.05) is 30.3 Å². The minimum atomic E-state index is -0.650. The van der Waals surface area contributed by atoms with E-state index in [0.29, 0.717) is 19.6 Å². The van der Waals surface area contributed by atoms with Gasteiger partial charge in [-0.15, -0.1) is 0 Å². The van der Waals surface area contributed by atoms with Crippen LogP contribution >= 0.6 is 0 Å². The molecular weight excluding hydrogens is 274 g/mol. The van der Waals surface area contributed by atoms with Crippen molar-refractivity contribution in [2.75, 3.05) is 20.8 Å². The molecule has 6 nitrogen and oxygen atoms in total. The predicted molar refractivity (Wildman–Crippen MR) is 74.6 cm³/mol. The van der Waals surface area contributed by atoms with Gasteiger partial charge in [0.1, 0.15) is 6.04 Å². The largest absolute Gasteiger partial charge is 0.467 e. The van der Waals surface area contributed by atoms with Crippen molar-refractivity contribution < 1.29 is 23.8 Å². The van der Waals surface area contributed by atoms with E-state index in [1.165, 1.54) is 19.1 Å². The second-order valence-corrected chi connectivity index (χ2v) is 4.82. The molecule has 2 rings (SSSR count). The summed E-state index contributed by atoms with van der Waals surface area (Å²) >= 11 is 0. The summed E-state index contributed by atoms with van der Waals surface area (Å²) in [6, 6.07) is 9.08. The zero-order chi connectivity index (χ0) is 15.2. The van der Waals surface area contributed by atoms with Gasteiger partial charge in [-0.2, -0.15) is 0 Å². The molecule has 21 heavy (non-hydrogen) atoms. The Labute approximate surface area is 123 Å². The molecule has 1 aromatic rings. The molecule has 1 fully saturated rings. The summed E-state index contributed by atoms with van der Waals surface area (Å²) in [6.45, 7) is 0.758. The van der Waals surface area contributed by atoms with E-state index in [0.717, 1.165) is 5.56 Å². The highest BCUT2D eigenvalue weighted by Crippen LogP contribution is 2.23. The smallest absolute Gasteiger partial charge is 0.410 e. The molecule has 0 aliphatic carbocycles. The molecule has 0 unspecified atom stereocenters. The van der Waals surface area contributed by atoms with Crippen LogP contribution in [0, 0.1) is 0 Å². The Morgan fingerprint density at radius 2 is 1.90 bits per heavy atom. The van der Waals surface area contributed by atoms with Gasteiger partial charge in [0.2, 0.25) is 0 Å². The van der Waals surface area contributed by atoms with E-state index < -0.39 is 18.1 Å². The lowest BCUT2D eigenvalue weighted by atomic mass is 10.2. The van der Waals surface area contributed by atoms with E-state index in [1.807, 2.05) is 30.3 Å². The summed E-state index contributed by atoms with van der Waals surface area (Å²) in [5.74, 6) is -0.453. The van der Waals surface area contributed by atoms with Crippen molar-refractivity contribution >= 4 is 12.1 Å². The zero-order valence-corrected chi connectivity index (χ0v) is 12.2. The second-order valence-electron chi connectivity index (χ2n) is 4.82. The number of carbonyl (C=O) groups is 2. The summed E-state index contributed by atoms with van der Waals surface area (Å²) in [7, 11) is 2.59. The number of carbonyl (C=O) groups excluding carboxylic acids is 2. The van der Waals surface area contributed by atoms with Gasteiger partial charge in [-0.05, 0) is 5.56 Å². The van der Waals surface area contributed by atoms with Gasteiger partial charge in [0.05, 0.1) is 33.5 Å². The normalized spacial score (nSPS) is 21.1. The average Bonchev–Trinajstić information content (AvgIpc) is 2.96. The third-order valence-electron chi connectivity index (χ3n) is 3.47. The minimum Gasteiger partial charge on any atom is -0.467 e. The molecule has 1 aromatic carbocycles. The van der Waals surface area contributed by atoms with Crippen LogP contribution in [0.2, 0.25) is 0 Å². The first-order chi connectivity index (χ1) is 10.2. The molecule has 2 atom stereocenters. The van der Waals surface area contributed by atoms with Crippen molar-refractivity contribution in [2.45, 2.75) is 25.2 Å². The molecule has 1 aliphatic rings. The number of amides is 1. The van der Waals surface area contributed by atoms with Crippen LogP contribution in [0.25, 0.3) is 0 Å². The number of rotatable bonds is 4. The average molecular weight is 293 g/mol. The molecule has 1 heterocycles. The molecule has 114 valence electrons. The number of methoxy groups -OCH3 is 2. The highest BCUT2D eigenvalue weighted by atomic mass is 16.6. The van der Waals surface area contributed by atoms with Crippen molar-refractivity contribution in [3.05, 3.63) is 35.9 Å². The van der Waals surface area contributed by atoms with Gasteiger partial charge in [0, 0.05) is 6.42 Å². The van der Waals surface area contributed by atoms with Crippen molar-refractivity contribution in [1.29, 1.82) is 0 Å². The Kier molecular flexibility index (Phi) is 5.16. The quantitative estimate of drug-likeness (QED) is 0.789. The Morgan fingerprint density at radius 1 is 1.19 bits per heavy atom. The fourth-order valence-electron chi connectivity index (χ4n) is 2.39. The lowest BCUT2D eigenvalue weighted by molar-refractivity contribution is -0.145. The van der Waals surface area contributed by atoms with Gasteiger partial charge in [0.15, 0.2) is 0 Å². The standard InChI is InChI=1S/C15H19NO5/c1-19-14(17)13-8-12(9-16(13)15(18)20-2)21-10-11-6-4-3-5-7-11/h3-7,12-13H,8-10H2,1-2H3/t12-,13+/m1/s1. The first-order valence-corrected chi connectivity index (χ1v) is 6.73. The molecule has 0 spiro atoms. The summed E-state index contributed by atoms with van der Waals surface area (Å²) in [5, 5.41) is 0. The molecule has 1 amide bonds. The third kappa shape index (κ3) is 3.72. The summed E-state index contributed by atoms with van der Waals surface area (Å²) < 4.78 is 15.2. The fraction of sp³-hybridized carbons (Fsp3) is 0.467. The number of hydrogen-bond donors (Lipinski definition) is 0. The third-order valence-corrected chi connectivity index (χ3v) is 3.47. The molecule has 0 radical (unpaired) electrons. The maximum atomic E-state index is 11.7. The van der Waals surface area contributed by atoms with Crippen LogP contribution in [0.5, 0.6) is 0 Å². The first-order valence-electron chi connectivity index (χ1n) is 6.73. The van der Waals surface area contributed by atoms with Crippen LogP contribution in [0.4, 0.5) is 4.79 Å². The number of ether oxygens (including phenoxy) is 3. The molecule has 6 heteroatoms. The van der Waals surface area contributed by atoms with E-state index >= 15 is 0 Å². The highest BCUT2D eigenvalue weighted by molar-refractivity contribution is 5.82. The van der Waals surface area contributed by atoms with Crippen molar-refractivity contribution in [2.24, 2.45) is 0 Å². The van der Waals surface area contributed by atoms with Crippen LogP contribution in [-0.4, -0.2) is 49.9 Å². The van der Waals surface area contributed by atoms with Crippen LogP contribution < -0.4 is 0 Å². The number of benzene rings is 1. The van der Waals surface area contributed by atoms with Crippen molar-refractivity contribution in [3.63, 3.8) is 0 Å². The number of hydrogen-bond acceptors (Lipinski definition) is 5. The van der Waals surface area contributed by atoms with E-state index in [9.17, 15) is 9.59 Å². The first kappa shape index (κ1) is 15.3. The van der Waals surface area contributed by atoms with Crippen LogP contribution in [0.15, 0.2) is 30.3 Å². The van der Waals surface area contributed by atoms with Crippen LogP contribution in [0.1, 0.15) is 12.0 Å². The van der Waals surface area contributed by atoms with Gasteiger partial charge >= 0.3 is 12.1 Å². The monoisotopic (exact) mass is 293 g/mol. The van der Waals surface area contributed by atoms with Gasteiger partial charge in [-0.3, -0.25) is 4.90 Å². The molecule has 0 bridgehead atoms. The lowest BCUT2D eigenvalue weighted by Crippen LogP contribution is -2.41. The molecule has 1 aliphatic heterocycles. The van der Waals surface area contributed by atoms with Crippen molar-refractivity contribution in [3.8, 4) is 0 Å². The Morgan fingerprint density at radius 3 is 2.52 bits per heavy atom.